The lowest BCUT2D eigenvalue weighted by atomic mass is 10.1. The Morgan fingerprint density at radius 1 is 1.06 bits per heavy atom. The van der Waals surface area contributed by atoms with Crippen molar-refractivity contribution in [1.82, 2.24) is 4.90 Å². The van der Waals surface area contributed by atoms with Crippen molar-refractivity contribution in [3.05, 3.63) is 29.8 Å². The first kappa shape index (κ1) is 10.6. The summed E-state index contributed by atoms with van der Waals surface area (Å²) >= 11 is 0. The second kappa shape index (κ2) is 4.38. The van der Waals surface area contributed by atoms with Crippen LogP contribution >= 0.6 is 0 Å². The molecule has 3 nitrogen and oxygen atoms in total. The van der Waals surface area contributed by atoms with Gasteiger partial charge in [-0.2, -0.15) is 5.26 Å². The summed E-state index contributed by atoms with van der Waals surface area (Å²) in [7, 11) is 0. The van der Waals surface area contributed by atoms with Gasteiger partial charge in [0.2, 0.25) is 0 Å². The average molecular weight is 227 g/mol. The minimum atomic E-state index is 0.798. The van der Waals surface area contributed by atoms with Gasteiger partial charge in [-0.1, -0.05) is 12.1 Å². The lowest BCUT2D eigenvalue weighted by Crippen LogP contribution is -2.47. The van der Waals surface area contributed by atoms with E-state index >= 15 is 0 Å². The zero-order chi connectivity index (χ0) is 11.7. The predicted molar refractivity (Wildman–Crippen MR) is 68.0 cm³/mol. The first-order valence-electron chi connectivity index (χ1n) is 6.36. The van der Waals surface area contributed by atoms with Crippen LogP contribution in [0, 0.1) is 11.3 Å². The van der Waals surface area contributed by atoms with Crippen molar-refractivity contribution in [1.29, 1.82) is 5.26 Å². The van der Waals surface area contributed by atoms with Crippen LogP contribution in [0.2, 0.25) is 0 Å². The summed E-state index contributed by atoms with van der Waals surface area (Å²) < 4.78 is 0. The third-order valence-electron chi connectivity index (χ3n) is 3.74. The van der Waals surface area contributed by atoms with E-state index in [9.17, 15) is 0 Å². The predicted octanol–water partition coefficient (Wildman–Crippen LogP) is 1.84. The highest BCUT2D eigenvalue weighted by Crippen LogP contribution is 2.29. The minimum absolute atomic E-state index is 0.798. The molecule has 3 rings (SSSR count). The van der Waals surface area contributed by atoms with Crippen LogP contribution in [0.3, 0.4) is 0 Å². The Hall–Kier alpha value is -1.53. The second-order valence-electron chi connectivity index (χ2n) is 4.88. The summed E-state index contributed by atoms with van der Waals surface area (Å²) in [6.07, 6.45) is 2.77. The Labute approximate surface area is 102 Å². The smallest absolute Gasteiger partial charge is 0.101 e. The Kier molecular flexibility index (Phi) is 2.74. The number of hydrogen-bond acceptors (Lipinski definition) is 3. The maximum Gasteiger partial charge on any atom is 0.101 e. The quantitative estimate of drug-likeness (QED) is 0.772. The Morgan fingerprint density at radius 3 is 2.41 bits per heavy atom. The van der Waals surface area contributed by atoms with E-state index in [4.69, 9.17) is 5.26 Å². The Bertz CT molecular complexity index is 437. The number of nitriles is 1. The van der Waals surface area contributed by atoms with Gasteiger partial charge in [-0.15, -0.1) is 0 Å². The SMILES string of the molecule is N#Cc1ccccc1N1CCN(C2CC2)CC1. The molecule has 3 heteroatoms. The fourth-order valence-electron chi connectivity index (χ4n) is 2.61. The molecule has 88 valence electrons. The summed E-state index contributed by atoms with van der Waals surface area (Å²) in [5.74, 6) is 0. The van der Waals surface area contributed by atoms with Gasteiger partial charge in [-0.3, -0.25) is 4.90 Å². The zero-order valence-corrected chi connectivity index (χ0v) is 9.97. The fourth-order valence-corrected chi connectivity index (χ4v) is 2.61. The number of anilines is 1. The molecule has 1 saturated carbocycles. The van der Waals surface area contributed by atoms with Crippen molar-refractivity contribution < 1.29 is 0 Å². The minimum Gasteiger partial charge on any atom is -0.368 e. The van der Waals surface area contributed by atoms with Crippen LogP contribution in [0.5, 0.6) is 0 Å². The highest BCUT2D eigenvalue weighted by Gasteiger charge is 2.31. The van der Waals surface area contributed by atoms with Crippen LogP contribution in [-0.2, 0) is 0 Å². The van der Waals surface area contributed by atoms with E-state index in [1.807, 2.05) is 18.2 Å². The molecule has 0 amide bonds. The fraction of sp³-hybridized carbons (Fsp3) is 0.500. The van der Waals surface area contributed by atoms with Crippen LogP contribution in [0.25, 0.3) is 0 Å². The standard InChI is InChI=1S/C14H17N3/c15-11-12-3-1-2-4-14(12)17-9-7-16(8-10-17)13-5-6-13/h1-4,13H,5-10H2. The molecule has 0 N–H and O–H groups in total. The van der Waals surface area contributed by atoms with Crippen LogP contribution in [0.1, 0.15) is 18.4 Å². The summed E-state index contributed by atoms with van der Waals surface area (Å²) in [4.78, 5) is 4.93. The van der Waals surface area contributed by atoms with Crippen molar-refractivity contribution in [3.63, 3.8) is 0 Å². The average Bonchev–Trinajstić information content (AvgIpc) is 3.23. The zero-order valence-electron chi connectivity index (χ0n) is 9.97. The van der Waals surface area contributed by atoms with Crippen molar-refractivity contribution >= 4 is 5.69 Å². The molecular weight excluding hydrogens is 210 g/mol. The lowest BCUT2D eigenvalue weighted by Gasteiger charge is -2.36. The summed E-state index contributed by atoms with van der Waals surface area (Å²) in [6, 6.07) is 11.1. The highest BCUT2D eigenvalue weighted by atomic mass is 15.3. The van der Waals surface area contributed by atoms with Crippen molar-refractivity contribution in [2.24, 2.45) is 0 Å². The van der Waals surface area contributed by atoms with Crippen molar-refractivity contribution in [2.45, 2.75) is 18.9 Å². The number of para-hydroxylation sites is 1. The van der Waals surface area contributed by atoms with Gasteiger partial charge in [0.05, 0.1) is 11.3 Å². The number of benzene rings is 1. The van der Waals surface area contributed by atoms with Crippen LogP contribution in [-0.4, -0.2) is 37.1 Å². The molecule has 2 fully saturated rings. The molecule has 1 aromatic rings. The molecule has 0 unspecified atom stereocenters. The molecule has 1 saturated heterocycles. The molecular formula is C14H17N3. The molecule has 2 aliphatic rings. The van der Waals surface area contributed by atoms with Crippen LogP contribution in [0.15, 0.2) is 24.3 Å². The third-order valence-corrected chi connectivity index (χ3v) is 3.74. The van der Waals surface area contributed by atoms with E-state index in [-0.39, 0.29) is 0 Å². The lowest BCUT2D eigenvalue weighted by molar-refractivity contribution is 0.248. The molecule has 0 aromatic heterocycles. The molecule has 0 radical (unpaired) electrons. The van der Waals surface area contributed by atoms with E-state index in [0.29, 0.717) is 0 Å². The first-order valence-corrected chi connectivity index (χ1v) is 6.36. The Morgan fingerprint density at radius 2 is 1.76 bits per heavy atom. The molecule has 1 aliphatic carbocycles. The van der Waals surface area contributed by atoms with E-state index in [1.165, 1.54) is 12.8 Å². The summed E-state index contributed by atoms with van der Waals surface area (Å²) in [6.45, 7) is 4.39. The maximum atomic E-state index is 9.11. The van der Waals surface area contributed by atoms with Crippen molar-refractivity contribution in [2.75, 3.05) is 31.1 Å². The number of rotatable bonds is 2. The van der Waals surface area contributed by atoms with Gasteiger partial charge in [0, 0.05) is 32.2 Å². The van der Waals surface area contributed by atoms with E-state index in [1.54, 1.807) is 0 Å². The number of nitrogens with zero attached hydrogens (tertiary/aromatic N) is 3. The molecule has 17 heavy (non-hydrogen) atoms. The largest absolute Gasteiger partial charge is 0.368 e. The maximum absolute atomic E-state index is 9.11. The first-order chi connectivity index (χ1) is 8.38. The van der Waals surface area contributed by atoms with Crippen molar-refractivity contribution in [3.8, 4) is 6.07 Å². The van der Waals surface area contributed by atoms with Gasteiger partial charge in [0.15, 0.2) is 0 Å². The monoisotopic (exact) mass is 227 g/mol. The van der Waals surface area contributed by atoms with Gasteiger partial charge < -0.3 is 4.90 Å². The van der Waals surface area contributed by atoms with E-state index < -0.39 is 0 Å². The number of hydrogen-bond donors (Lipinski definition) is 0. The van der Waals surface area contributed by atoms with E-state index in [2.05, 4.69) is 21.9 Å². The summed E-state index contributed by atoms with van der Waals surface area (Å²) in [5, 5.41) is 9.11. The topological polar surface area (TPSA) is 30.3 Å². The molecule has 0 bridgehead atoms. The normalized spacial score (nSPS) is 21.2. The molecule has 1 aromatic carbocycles. The molecule has 1 aliphatic heterocycles. The van der Waals surface area contributed by atoms with Crippen LogP contribution < -0.4 is 4.90 Å². The Balaban J connectivity index is 1.71. The molecule has 0 spiro atoms. The van der Waals surface area contributed by atoms with Gasteiger partial charge in [-0.25, -0.2) is 0 Å². The van der Waals surface area contributed by atoms with Gasteiger partial charge in [-0.05, 0) is 25.0 Å². The van der Waals surface area contributed by atoms with Gasteiger partial charge in [0.25, 0.3) is 0 Å². The highest BCUT2D eigenvalue weighted by molar-refractivity contribution is 5.59. The third kappa shape index (κ3) is 2.13. The molecule has 0 atom stereocenters. The number of piperazine rings is 1. The second-order valence-corrected chi connectivity index (χ2v) is 4.88. The van der Waals surface area contributed by atoms with Crippen LogP contribution in [0.4, 0.5) is 5.69 Å². The summed E-state index contributed by atoms with van der Waals surface area (Å²) in [5.41, 5.74) is 1.90. The van der Waals surface area contributed by atoms with Gasteiger partial charge >= 0.3 is 0 Å². The molecule has 1 heterocycles. The van der Waals surface area contributed by atoms with Gasteiger partial charge in [0.1, 0.15) is 6.07 Å². The van der Waals surface area contributed by atoms with E-state index in [0.717, 1.165) is 43.5 Å².